The van der Waals surface area contributed by atoms with Gasteiger partial charge in [-0.25, -0.2) is 13.8 Å². The molecule has 1 aliphatic heterocycles. The van der Waals surface area contributed by atoms with Crippen molar-refractivity contribution in [3.8, 4) is 17.0 Å². The lowest BCUT2D eigenvalue weighted by molar-refractivity contribution is -0.137. The van der Waals surface area contributed by atoms with E-state index in [2.05, 4.69) is 9.88 Å². The molecule has 0 bridgehead atoms. The van der Waals surface area contributed by atoms with Crippen LogP contribution >= 0.6 is 0 Å². The van der Waals surface area contributed by atoms with Crippen molar-refractivity contribution in [3.63, 3.8) is 0 Å². The fourth-order valence-corrected chi connectivity index (χ4v) is 3.13. The first-order valence-corrected chi connectivity index (χ1v) is 9.10. The van der Waals surface area contributed by atoms with Gasteiger partial charge in [-0.05, 0) is 49.9 Å². The maximum absolute atomic E-state index is 14.3. The maximum Gasteiger partial charge on any atom is 0.303 e. The van der Waals surface area contributed by atoms with Gasteiger partial charge >= 0.3 is 5.97 Å². The maximum atomic E-state index is 14.3. The number of carboxylic acid groups (broad SMARTS) is 1. The van der Waals surface area contributed by atoms with E-state index >= 15 is 0 Å². The Hall–Kier alpha value is -2.70. The minimum Gasteiger partial charge on any atom is -0.488 e. The highest BCUT2D eigenvalue weighted by molar-refractivity contribution is 5.66. The lowest BCUT2D eigenvalue weighted by Crippen LogP contribution is -2.30. The summed E-state index contributed by atoms with van der Waals surface area (Å²) in [4.78, 5) is 17.2. The second kappa shape index (κ2) is 8.79. The molecule has 3 rings (SSSR count). The Labute approximate surface area is 156 Å². The summed E-state index contributed by atoms with van der Waals surface area (Å²) in [6.07, 6.45) is 3.50. The first-order chi connectivity index (χ1) is 13.0. The van der Waals surface area contributed by atoms with Gasteiger partial charge in [-0.3, -0.25) is 4.79 Å². The molecule has 1 aromatic carbocycles. The number of aromatic nitrogens is 1. The van der Waals surface area contributed by atoms with Crippen LogP contribution in [0.1, 0.15) is 32.1 Å². The van der Waals surface area contributed by atoms with Crippen LogP contribution in [-0.2, 0) is 4.79 Å². The van der Waals surface area contributed by atoms with Gasteiger partial charge in [0.2, 0.25) is 0 Å². The lowest BCUT2D eigenvalue weighted by Gasteiger charge is -2.28. The zero-order chi connectivity index (χ0) is 19.2. The Morgan fingerprint density at radius 1 is 1.15 bits per heavy atom. The van der Waals surface area contributed by atoms with Crippen LogP contribution in [0.5, 0.6) is 5.75 Å². The lowest BCUT2D eigenvalue weighted by atomic mass is 10.1. The zero-order valence-electron chi connectivity index (χ0n) is 15.0. The average molecular weight is 376 g/mol. The second-order valence-corrected chi connectivity index (χ2v) is 6.54. The number of anilines is 1. The molecule has 1 aliphatic rings. The highest BCUT2D eigenvalue weighted by Crippen LogP contribution is 2.29. The molecular weight excluding hydrogens is 354 g/mol. The van der Waals surface area contributed by atoms with Gasteiger partial charge in [-0.15, -0.1) is 0 Å². The van der Waals surface area contributed by atoms with Crippen molar-refractivity contribution < 1.29 is 23.4 Å². The van der Waals surface area contributed by atoms with Gasteiger partial charge in [0.05, 0.1) is 12.3 Å². The number of ether oxygens (including phenoxy) is 1. The van der Waals surface area contributed by atoms with E-state index in [1.165, 1.54) is 18.6 Å². The Morgan fingerprint density at radius 2 is 1.85 bits per heavy atom. The van der Waals surface area contributed by atoms with E-state index in [0.717, 1.165) is 31.7 Å². The smallest absolute Gasteiger partial charge is 0.303 e. The summed E-state index contributed by atoms with van der Waals surface area (Å²) < 4.78 is 33.7. The molecule has 0 unspecified atom stereocenters. The third-order valence-corrected chi connectivity index (χ3v) is 4.49. The minimum atomic E-state index is -0.977. The summed E-state index contributed by atoms with van der Waals surface area (Å²) in [5, 5.41) is 8.58. The molecule has 27 heavy (non-hydrogen) atoms. The molecule has 0 spiro atoms. The van der Waals surface area contributed by atoms with Crippen molar-refractivity contribution in [1.29, 1.82) is 0 Å². The van der Waals surface area contributed by atoms with Gasteiger partial charge in [-0.1, -0.05) is 6.07 Å². The summed E-state index contributed by atoms with van der Waals surface area (Å²) in [7, 11) is 0. The molecule has 0 atom stereocenters. The normalized spacial score (nSPS) is 14.2. The van der Waals surface area contributed by atoms with E-state index in [9.17, 15) is 13.6 Å². The second-order valence-electron chi connectivity index (χ2n) is 6.54. The van der Waals surface area contributed by atoms with E-state index in [4.69, 9.17) is 9.84 Å². The van der Waals surface area contributed by atoms with Crippen molar-refractivity contribution in [1.82, 2.24) is 4.98 Å². The Morgan fingerprint density at radius 3 is 2.52 bits per heavy atom. The van der Waals surface area contributed by atoms with Crippen molar-refractivity contribution in [2.75, 3.05) is 24.6 Å². The Balaban J connectivity index is 1.76. The van der Waals surface area contributed by atoms with E-state index in [1.54, 1.807) is 6.07 Å². The first-order valence-electron chi connectivity index (χ1n) is 9.10. The van der Waals surface area contributed by atoms with Crippen LogP contribution in [0, 0.1) is 11.6 Å². The molecule has 0 amide bonds. The first kappa shape index (κ1) is 19.1. The number of pyridine rings is 1. The number of halogens is 2. The fourth-order valence-electron chi connectivity index (χ4n) is 3.13. The number of carboxylic acids is 1. The number of carbonyl (C=O) groups is 1. The molecule has 2 aromatic rings. The van der Waals surface area contributed by atoms with E-state index in [1.807, 2.05) is 12.1 Å². The summed E-state index contributed by atoms with van der Waals surface area (Å²) in [6.45, 7) is 1.80. The average Bonchev–Trinajstić information content (AvgIpc) is 2.67. The predicted molar refractivity (Wildman–Crippen MR) is 98.0 cm³/mol. The standard InChI is InChI=1S/C20H22F2N2O3/c21-15-12-14(13-16(22)20(15)27-11-5-8-19(25)26)17-6-4-7-18(23-17)24-9-2-1-3-10-24/h4,6-7,12-13H,1-3,5,8-11H2,(H,25,26). The minimum absolute atomic E-state index is 0.0673. The Kier molecular flexibility index (Phi) is 6.21. The van der Waals surface area contributed by atoms with Crippen molar-refractivity contribution >= 4 is 11.8 Å². The fraction of sp³-hybridized carbons (Fsp3) is 0.400. The predicted octanol–water partition coefficient (Wildman–Crippen LogP) is 4.26. The van der Waals surface area contributed by atoms with E-state index in [-0.39, 0.29) is 19.4 Å². The van der Waals surface area contributed by atoms with Crippen LogP contribution in [0.2, 0.25) is 0 Å². The molecular formula is C20H22F2N2O3. The molecule has 1 fully saturated rings. The molecule has 2 heterocycles. The third kappa shape index (κ3) is 4.93. The van der Waals surface area contributed by atoms with Gasteiger partial charge in [0.1, 0.15) is 5.82 Å². The van der Waals surface area contributed by atoms with Crippen molar-refractivity contribution in [2.45, 2.75) is 32.1 Å². The van der Waals surface area contributed by atoms with Gasteiger partial charge < -0.3 is 14.7 Å². The summed E-state index contributed by atoms with van der Waals surface area (Å²) in [5.41, 5.74) is 0.829. The van der Waals surface area contributed by atoms with Gasteiger partial charge in [0, 0.05) is 25.1 Å². The van der Waals surface area contributed by atoms with Crippen LogP contribution in [0.4, 0.5) is 14.6 Å². The Bertz CT molecular complexity index is 785. The van der Waals surface area contributed by atoms with Crippen LogP contribution < -0.4 is 9.64 Å². The summed E-state index contributed by atoms with van der Waals surface area (Å²) >= 11 is 0. The number of aliphatic carboxylic acids is 1. The van der Waals surface area contributed by atoms with Crippen molar-refractivity contribution in [3.05, 3.63) is 42.0 Å². The number of piperidine rings is 1. The quantitative estimate of drug-likeness (QED) is 0.732. The van der Waals surface area contributed by atoms with E-state index in [0.29, 0.717) is 11.3 Å². The third-order valence-electron chi connectivity index (χ3n) is 4.49. The summed E-state index contributed by atoms with van der Waals surface area (Å²) in [6, 6.07) is 7.84. The van der Waals surface area contributed by atoms with Crippen LogP contribution in [-0.4, -0.2) is 35.8 Å². The van der Waals surface area contributed by atoms with Gasteiger partial charge in [-0.2, -0.15) is 0 Å². The number of benzene rings is 1. The number of nitrogens with zero attached hydrogens (tertiary/aromatic N) is 2. The molecule has 0 radical (unpaired) electrons. The van der Waals surface area contributed by atoms with Gasteiger partial charge in [0.15, 0.2) is 17.4 Å². The molecule has 1 saturated heterocycles. The number of hydrogen-bond donors (Lipinski definition) is 1. The molecule has 144 valence electrons. The molecule has 0 saturated carbocycles. The summed E-state index contributed by atoms with van der Waals surface area (Å²) in [5.74, 6) is -2.32. The molecule has 7 heteroatoms. The molecule has 1 aromatic heterocycles. The SMILES string of the molecule is O=C(O)CCCOc1c(F)cc(-c2cccc(N3CCCCC3)n2)cc1F. The zero-order valence-corrected chi connectivity index (χ0v) is 15.0. The molecule has 0 aliphatic carbocycles. The van der Waals surface area contributed by atoms with E-state index < -0.39 is 23.4 Å². The molecule has 1 N–H and O–H groups in total. The topological polar surface area (TPSA) is 62.7 Å². The van der Waals surface area contributed by atoms with Crippen molar-refractivity contribution in [2.24, 2.45) is 0 Å². The largest absolute Gasteiger partial charge is 0.488 e. The molecule has 5 nitrogen and oxygen atoms in total. The van der Waals surface area contributed by atoms with Crippen LogP contribution in [0.3, 0.4) is 0 Å². The number of rotatable bonds is 7. The highest BCUT2D eigenvalue weighted by Gasteiger charge is 2.16. The van der Waals surface area contributed by atoms with Gasteiger partial charge in [0.25, 0.3) is 0 Å². The van der Waals surface area contributed by atoms with Crippen LogP contribution in [0.15, 0.2) is 30.3 Å². The van der Waals surface area contributed by atoms with Crippen LogP contribution in [0.25, 0.3) is 11.3 Å². The monoisotopic (exact) mass is 376 g/mol. The number of hydrogen-bond acceptors (Lipinski definition) is 4. The highest BCUT2D eigenvalue weighted by atomic mass is 19.1.